The Bertz CT molecular complexity index is 1100. The first-order chi connectivity index (χ1) is 12.3. The first kappa shape index (κ1) is 14.8. The van der Waals surface area contributed by atoms with Crippen LogP contribution in [0, 0.1) is 6.92 Å². The van der Waals surface area contributed by atoms with Crippen LogP contribution in [0.4, 0.5) is 0 Å². The van der Waals surface area contributed by atoms with E-state index in [0.717, 1.165) is 45.5 Å². The number of fused-ring (bicyclic) bond motifs is 4. The second-order valence-corrected chi connectivity index (χ2v) is 7.48. The minimum Gasteiger partial charge on any atom is -0.436 e. The standard InChI is InChI=1S/C20H17N3OS/c1-12-22-19(17-14-8-2-3-10-16(14)25-20(17)23-12)24-15-9-4-6-13-7-5-11-21-18(13)15/h4-7,9,11H,2-3,8,10H2,1H3. The molecule has 3 heterocycles. The lowest BCUT2D eigenvalue weighted by Gasteiger charge is -2.13. The van der Waals surface area contributed by atoms with Gasteiger partial charge in [0, 0.05) is 16.5 Å². The van der Waals surface area contributed by atoms with Gasteiger partial charge in [-0.2, -0.15) is 4.98 Å². The summed E-state index contributed by atoms with van der Waals surface area (Å²) in [4.78, 5) is 16.3. The van der Waals surface area contributed by atoms with Crippen molar-refractivity contribution in [2.45, 2.75) is 32.6 Å². The molecule has 1 aliphatic carbocycles. The number of rotatable bonds is 2. The van der Waals surface area contributed by atoms with E-state index in [1.807, 2.05) is 37.3 Å². The van der Waals surface area contributed by atoms with E-state index in [-0.39, 0.29) is 0 Å². The quantitative estimate of drug-likeness (QED) is 0.499. The van der Waals surface area contributed by atoms with Crippen LogP contribution in [0.25, 0.3) is 21.1 Å². The molecule has 1 aromatic carbocycles. The Hall–Kier alpha value is -2.53. The Labute approximate surface area is 149 Å². The number of ether oxygens (including phenoxy) is 1. The number of benzene rings is 1. The minimum absolute atomic E-state index is 0.667. The highest BCUT2D eigenvalue weighted by molar-refractivity contribution is 7.18. The van der Waals surface area contributed by atoms with Crippen LogP contribution in [-0.2, 0) is 12.8 Å². The number of hydrogen-bond donors (Lipinski definition) is 0. The van der Waals surface area contributed by atoms with E-state index in [4.69, 9.17) is 4.74 Å². The number of hydrogen-bond acceptors (Lipinski definition) is 5. The van der Waals surface area contributed by atoms with Crippen molar-refractivity contribution >= 4 is 32.5 Å². The van der Waals surface area contributed by atoms with Crippen LogP contribution in [0.15, 0.2) is 36.5 Å². The van der Waals surface area contributed by atoms with E-state index in [1.54, 1.807) is 17.5 Å². The first-order valence-electron chi connectivity index (χ1n) is 8.60. The molecule has 0 fully saturated rings. The van der Waals surface area contributed by atoms with E-state index in [9.17, 15) is 0 Å². The van der Waals surface area contributed by atoms with Gasteiger partial charge in [0.2, 0.25) is 5.88 Å². The predicted molar refractivity (Wildman–Crippen MR) is 101 cm³/mol. The van der Waals surface area contributed by atoms with E-state index in [2.05, 4.69) is 15.0 Å². The summed E-state index contributed by atoms with van der Waals surface area (Å²) in [7, 11) is 0. The zero-order valence-electron chi connectivity index (χ0n) is 14.0. The Morgan fingerprint density at radius 1 is 1.04 bits per heavy atom. The van der Waals surface area contributed by atoms with Crippen molar-refractivity contribution in [3.63, 3.8) is 0 Å². The van der Waals surface area contributed by atoms with Crippen LogP contribution < -0.4 is 4.74 Å². The second kappa shape index (κ2) is 5.77. The summed E-state index contributed by atoms with van der Waals surface area (Å²) in [6.07, 6.45) is 6.51. The van der Waals surface area contributed by atoms with Crippen molar-refractivity contribution in [2.75, 3.05) is 0 Å². The molecule has 3 aromatic heterocycles. The SMILES string of the molecule is Cc1nc(Oc2cccc3cccnc23)c2c3c(sc2n1)CCCC3. The molecule has 0 bridgehead atoms. The Morgan fingerprint density at radius 3 is 2.88 bits per heavy atom. The van der Waals surface area contributed by atoms with Gasteiger partial charge in [0.25, 0.3) is 0 Å². The third kappa shape index (κ3) is 2.46. The number of pyridine rings is 1. The molecule has 0 amide bonds. The van der Waals surface area contributed by atoms with Crippen molar-refractivity contribution in [3.05, 3.63) is 52.8 Å². The number of aromatic nitrogens is 3. The minimum atomic E-state index is 0.667. The van der Waals surface area contributed by atoms with Gasteiger partial charge >= 0.3 is 0 Å². The average molecular weight is 347 g/mol. The van der Waals surface area contributed by atoms with Gasteiger partial charge in [0.05, 0.1) is 5.39 Å². The molecule has 0 saturated carbocycles. The topological polar surface area (TPSA) is 47.9 Å². The Kier molecular flexibility index (Phi) is 3.41. The smallest absolute Gasteiger partial charge is 0.231 e. The summed E-state index contributed by atoms with van der Waals surface area (Å²) in [5.74, 6) is 2.16. The van der Waals surface area contributed by atoms with Gasteiger partial charge in [-0.25, -0.2) is 4.98 Å². The fourth-order valence-corrected chi connectivity index (χ4v) is 4.86. The number of aryl methyl sites for hydroxylation is 3. The lowest BCUT2D eigenvalue weighted by atomic mass is 9.97. The van der Waals surface area contributed by atoms with Crippen LogP contribution >= 0.6 is 11.3 Å². The maximum atomic E-state index is 6.30. The molecule has 0 N–H and O–H groups in total. The molecule has 0 spiro atoms. The van der Waals surface area contributed by atoms with Crippen molar-refractivity contribution in [1.82, 2.24) is 15.0 Å². The molecule has 0 saturated heterocycles. The van der Waals surface area contributed by atoms with Gasteiger partial charge in [-0.05, 0) is 50.3 Å². The van der Waals surface area contributed by atoms with Crippen LogP contribution in [0.2, 0.25) is 0 Å². The third-order valence-electron chi connectivity index (χ3n) is 4.70. The molecule has 5 heteroatoms. The maximum Gasteiger partial charge on any atom is 0.231 e. The van der Waals surface area contributed by atoms with E-state index >= 15 is 0 Å². The van der Waals surface area contributed by atoms with Gasteiger partial charge in [0.1, 0.15) is 16.2 Å². The van der Waals surface area contributed by atoms with Crippen molar-refractivity contribution < 1.29 is 4.74 Å². The van der Waals surface area contributed by atoms with Gasteiger partial charge < -0.3 is 4.74 Å². The van der Waals surface area contributed by atoms with Crippen molar-refractivity contribution in [2.24, 2.45) is 0 Å². The number of nitrogens with zero attached hydrogens (tertiary/aromatic N) is 3. The largest absolute Gasteiger partial charge is 0.436 e. The molecule has 0 atom stereocenters. The molecular formula is C20H17N3OS. The van der Waals surface area contributed by atoms with E-state index in [1.165, 1.54) is 23.3 Å². The predicted octanol–water partition coefficient (Wildman–Crippen LogP) is 5.22. The average Bonchev–Trinajstić information content (AvgIpc) is 3.00. The van der Waals surface area contributed by atoms with Gasteiger partial charge in [-0.3, -0.25) is 4.98 Å². The normalized spacial score (nSPS) is 14.0. The van der Waals surface area contributed by atoms with E-state index < -0.39 is 0 Å². The number of para-hydroxylation sites is 1. The lowest BCUT2D eigenvalue weighted by Crippen LogP contribution is -2.00. The molecule has 25 heavy (non-hydrogen) atoms. The highest BCUT2D eigenvalue weighted by Gasteiger charge is 2.22. The van der Waals surface area contributed by atoms with Crippen LogP contribution in [0.3, 0.4) is 0 Å². The molecule has 0 unspecified atom stereocenters. The van der Waals surface area contributed by atoms with Crippen molar-refractivity contribution in [1.29, 1.82) is 0 Å². The number of thiophene rings is 1. The summed E-state index contributed by atoms with van der Waals surface area (Å²) in [6, 6.07) is 9.98. The lowest BCUT2D eigenvalue weighted by molar-refractivity contribution is 0.470. The molecule has 1 aliphatic rings. The van der Waals surface area contributed by atoms with Crippen LogP contribution in [-0.4, -0.2) is 15.0 Å². The first-order valence-corrected chi connectivity index (χ1v) is 9.42. The highest BCUT2D eigenvalue weighted by atomic mass is 32.1. The highest BCUT2D eigenvalue weighted by Crippen LogP contribution is 2.41. The zero-order valence-corrected chi connectivity index (χ0v) is 14.8. The molecular weight excluding hydrogens is 330 g/mol. The van der Waals surface area contributed by atoms with Gasteiger partial charge in [-0.15, -0.1) is 11.3 Å². The Morgan fingerprint density at radius 2 is 1.92 bits per heavy atom. The zero-order chi connectivity index (χ0) is 16.8. The monoisotopic (exact) mass is 347 g/mol. The summed E-state index contributed by atoms with van der Waals surface area (Å²) < 4.78 is 6.30. The summed E-state index contributed by atoms with van der Waals surface area (Å²) in [6.45, 7) is 1.92. The summed E-state index contributed by atoms with van der Waals surface area (Å²) in [5.41, 5.74) is 2.24. The molecule has 0 aliphatic heterocycles. The molecule has 124 valence electrons. The fraction of sp³-hybridized carbons (Fsp3) is 0.250. The molecule has 5 rings (SSSR count). The van der Waals surface area contributed by atoms with Crippen molar-refractivity contribution in [3.8, 4) is 11.6 Å². The Balaban J connectivity index is 1.71. The second-order valence-electron chi connectivity index (χ2n) is 6.40. The summed E-state index contributed by atoms with van der Waals surface area (Å²) in [5, 5.41) is 2.16. The van der Waals surface area contributed by atoms with Crippen LogP contribution in [0.1, 0.15) is 29.1 Å². The fourth-order valence-electron chi connectivity index (χ4n) is 3.56. The maximum absolute atomic E-state index is 6.30. The third-order valence-corrected chi connectivity index (χ3v) is 5.88. The van der Waals surface area contributed by atoms with Crippen LogP contribution in [0.5, 0.6) is 11.6 Å². The van der Waals surface area contributed by atoms with E-state index in [0.29, 0.717) is 5.88 Å². The van der Waals surface area contributed by atoms with Gasteiger partial charge in [-0.1, -0.05) is 18.2 Å². The molecule has 0 radical (unpaired) electrons. The van der Waals surface area contributed by atoms with Gasteiger partial charge in [0.15, 0.2) is 5.75 Å². The summed E-state index contributed by atoms with van der Waals surface area (Å²) >= 11 is 1.80. The molecule has 4 aromatic rings. The molecule has 4 nitrogen and oxygen atoms in total.